The van der Waals surface area contributed by atoms with E-state index in [1.807, 2.05) is 30.3 Å². The number of piperidine rings is 1. The van der Waals surface area contributed by atoms with Crippen molar-refractivity contribution in [3.05, 3.63) is 65.3 Å². The molecule has 10 heteroatoms. The Kier molecular flexibility index (Phi) is 6.68. The van der Waals surface area contributed by atoms with Crippen molar-refractivity contribution in [2.24, 2.45) is 5.92 Å². The molecule has 1 aromatic heterocycles. The first-order chi connectivity index (χ1) is 15.8. The molecule has 4 rings (SSSR count). The normalized spacial score (nSPS) is 15.3. The van der Waals surface area contributed by atoms with Gasteiger partial charge in [-0.3, -0.25) is 9.59 Å². The number of Topliss-reactive ketones (excluding diaryl/α,β-unsaturated/α-hetero) is 1. The average molecular weight is 488 g/mol. The van der Waals surface area contributed by atoms with Gasteiger partial charge in [-0.2, -0.15) is 4.31 Å². The van der Waals surface area contributed by atoms with Crippen molar-refractivity contribution in [1.82, 2.24) is 9.29 Å². The molecule has 0 atom stereocenters. The van der Waals surface area contributed by atoms with E-state index in [1.54, 1.807) is 0 Å². The minimum absolute atomic E-state index is 0.0276. The summed E-state index contributed by atoms with van der Waals surface area (Å²) < 4.78 is 40.0. The van der Waals surface area contributed by atoms with E-state index in [9.17, 15) is 22.4 Å². The highest BCUT2D eigenvalue weighted by molar-refractivity contribution is 7.89. The van der Waals surface area contributed by atoms with Crippen LogP contribution >= 0.6 is 11.3 Å². The summed E-state index contributed by atoms with van der Waals surface area (Å²) >= 11 is 1.13. The number of ketones is 1. The lowest BCUT2D eigenvalue weighted by Gasteiger charge is -2.30. The van der Waals surface area contributed by atoms with Crippen LogP contribution in [0.5, 0.6) is 0 Å². The molecule has 0 bridgehead atoms. The number of halogens is 1. The smallest absolute Gasteiger partial charge is 0.243 e. The number of hydrogen-bond acceptors (Lipinski definition) is 6. The topological polar surface area (TPSA) is 96.4 Å². The van der Waals surface area contributed by atoms with Gasteiger partial charge >= 0.3 is 0 Å². The molecule has 0 aliphatic carbocycles. The number of nitrogens with one attached hydrogen (secondary N) is 1. The summed E-state index contributed by atoms with van der Waals surface area (Å²) in [5.74, 6) is -1.27. The maximum Gasteiger partial charge on any atom is 0.243 e. The van der Waals surface area contributed by atoms with Crippen molar-refractivity contribution in [2.75, 3.05) is 18.4 Å². The van der Waals surface area contributed by atoms with Gasteiger partial charge in [-0.25, -0.2) is 17.8 Å². The molecule has 1 fully saturated rings. The second kappa shape index (κ2) is 9.50. The van der Waals surface area contributed by atoms with E-state index >= 15 is 0 Å². The van der Waals surface area contributed by atoms with Crippen LogP contribution in [-0.2, 0) is 14.8 Å². The largest absolute Gasteiger partial charge is 0.302 e. The zero-order valence-corrected chi connectivity index (χ0v) is 19.5. The number of thiazole rings is 1. The Labute approximate surface area is 195 Å². The Morgan fingerprint density at radius 2 is 1.70 bits per heavy atom. The molecular formula is C23H22FN3O4S2. The van der Waals surface area contributed by atoms with Crippen molar-refractivity contribution in [3.8, 4) is 11.3 Å². The van der Waals surface area contributed by atoms with Gasteiger partial charge in [0.1, 0.15) is 5.82 Å². The summed E-state index contributed by atoms with van der Waals surface area (Å²) in [6, 6.07) is 14.0. The molecule has 0 radical (unpaired) electrons. The number of nitrogens with zero attached hydrogens (tertiary/aromatic N) is 2. The highest BCUT2D eigenvalue weighted by Gasteiger charge is 2.32. The van der Waals surface area contributed by atoms with Gasteiger partial charge in [0.2, 0.25) is 15.9 Å². The number of carbonyl (C=O) groups is 2. The van der Waals surface area contributed by atoms with E-state index < -0.39 is 15.8 Å². The maximum atomic E-state index is 13.1. The van der Waals surface area contributed by atoms with Crippen LogP contribution in [0.25, 0.3) is 11.3 Å². The van der Waals surface area contributed by atoms with Crippen molar-refractivity contribution in [2.45, 2.75) is 24.7 Å². The fourth-order valence-corrected chi connectivity index (χ4v) is 6.08. The summed E-state index contributed by atoms with van der Waals surface area (Å²) in [5, 5.41) is 3.13. The minimum atomic E-state index is -3.74. The third-order valence-electron chi connectivity index (χ3n) is 5.50. The van der Waals surface area contributed by atoms with E-state index in [2.05, 4.69) is 10.3 Å². The number of carbonyl (C=O) groups excluding carboxylic acids is 2. The molecule has 1 amide bonds. The van der Waals surface area contributed by atoms with Crippen LogP contribution in [0.3, 0.4) is 0 Å². The van der Waals surface area contributed by atoms with Crippen LogP contribution < -0.4 is 5.32 Å². The summed E-state index contributed by atoms with van der Waals surface area (Å²) in [4.78, 5) is 29.9. The predicted octanol–water partition coefficient (Wildman–Crippen LogP) is 4.19. The average Bonchev–Trinajstić information content (AvgIpc) is 3.24. The standard InChI is InChI=1S/C23H22FN3O4S2/c1-15(28)21-20(16-5-3-2-4-6-16)25-23(32-21)26-22(29)17-11-13-27(14-12-17)33(30,31)19-9-7-18(24)8-10-19/h2-10,17H,11-14H2,1H3,(H,25,26,29). The molecule has 172 valence electrons. The van der Waals surface area contributed by atoms with Crippen LogP contribution in [0.4, 0.5) is 9.52 Å². The lowest BCUT2D eigenvalue weighted by atomic mass is 9.97. The fraction of sp³-hybridized carbons (Fsp3) is 0.261. The van der Waals surface area contributed by atoms with Crippen LogP contribution in [0.15, 0.2) is 59.5 Å². The number of sulfonamides is 1. The number of anilines is 1. The first-order valence-corrected chi connectivity index (χ1v) is 12.6. The molecule has 0 saturated carbocycles. The Hall–Kier alpha value is -2.95. The Balaban J connectivity index is 1.43. The van der Waals surface area contributed by atoms with Gasteiger partial charge in [-0.1, -0.05) is 41.7 Å². The highest BCUT2D eigenvalue weighted by Crippen LogP contribution is 2.32. The van der Waals surface area contributed by atoms with Crippen molar-refractivity contribution in [1.29, 1.82) is 0 Å². The second-order valence-electron chi connectivity index (χ2n) is 7.74. The molecule has 1 aliphatic heterocycles. The van der Waals surface area contributed by atoms with E-state index in [-0.39, 0.29) is 35.6 Å². The fourth-order valence-electron chi connectivity index (χ4n) is 3.73. The Morgan fingerprint density at radius 3 is 2.30 bits per heavy atom. The summed E-state index contributed by atoms with van der Waals surface area (Å²) in [5.41, 5.74) is 1.32. The van der Waals surface area contributed by atoms with Gasteiger partial charge in [0, 0.05) is 31.5 Å². The van der Waals surface area contributed by atoms with Crippen LogP contribution in [0, 0.1) is 11.7 Å². The molecule has 0 spiro atoms. The maximum absolute atomic E-state index is 13.1. The van der Waals surface area contributed by atoms with Gasteiger partial charge in [0.15, 0.2) is 10.9 Å². The SMILES string of the molecule is CC(=O)c1sc(NC(=O)C2CCN(S(=O)(=O)c3ccc(F)cc3)CC2)nc1-c1ccccc1. The number of rotatable bonds is 6. The first-order valence-electron chi connectivity index (χ1n) is 10.4. The number of aromatic nitrogens is 1. The Bertz CT molecular complexity index is 1270. The molecule has 1 N–H and O–H groups in total. The monoisotopic (exact) mass is 487 g/mol. The summed E-state index contributed by atoms with van der Waals surface area (Å²) in [7, 11) is -3.74. The van der Waals surface area contributed by atoms with E-state index in [4.69, 9.17) is 0 Å². The van der Waals surface area contributed by atoms with Crippen molar-refractivity contribution < 1.29 is 22.4 Å². The molecule has 33 heavy (non-hydrogen) atoms. The Morgan fingerprint density at radius 1 is 1.06 bits per heavy atom. The molecule has 3 aromatic rings. The van der Waals surface area contributed by atoms with Gasteiger partial charge in [0.05, 0.1) is 15.5 Å². The van der Waals surface area contributed by atoms with E-state index in [0.29, 0.717) is 28.5 Å². The molecule has 7 nitrogen and oxygen atoms in total. The molecule has 0 unspecified atom stereocenters. The van der Waals surface area contributed by atoms with E-state index in [1.165, 1.54) is 23.4 Å². The van der Waals surface area contributed by atoms with Gasteiger partial charge in [-0.15, -0.1) is 0 Å². The number of amides is 1. The molecule has 2 heterocycles. The molecular weight excluding hydrogens is 465 g/mol. The lowest BCUT2D eigenvalue weighted by molar-refractivity contribution is -0.120. The van der Waals surface area contributed by atoms with Gasteiger partial charge in [0.25, 0.3) is 0 Å². The van der Waals surface area contributed by atoms with Crippen LogP contribution in [0.2, 0.25) is 0 Å². The van der Waals surface area contributed by atoms with Crippen LogP contribution in [0.1, 0.15) is 29.4 Å². The quantitative estimate of drug-likeness (QED) is 0.526. The van der Waals surface area contributed by atoms with Crippen molar-refractivity contribution >= 4 is 38.2 Å². The number of hydrogen-bond donors (Lipinski definition) is 1. The van der Waals surface area contributed by atoms with Crippen LogP contribution in [-0.4, -0.2) is 42.5 Å². The number of benzene rings is 2. The predicted molar refractivity (Wildman–Crippen MR) is 124 cm³/mol. The summed E-state index contributed by atoms with van der Waals surface area (Å²) in [6.07, 6.45) is 0.700. The highest BCUT2D eigenvalue weighted by atomic mass is 32.2. The first kappa shape index (κ1) is 23.2. The minimum Gasteiger partial charge on any atom is -0.302 e. The zero-order valence-electron chi connectivity index (χ0n) is 17.8. The second-order valence-corrected chi connectivity index (χ2v) is 10.7. The van der Waals surface area contributed by atoms with Gasteiger partial charge < -0.3 is 5.32 Å². The van der Waals surface area contributed by atoms with E-state index in [0.717, 1.165) is 29.0 Å². The zero-order chi connectivity index (χ0) is 23.6. The molecule has 1 aliphatic rings. The third-order valence-corrected chi connectivity index (χ3v) is 8.48. The molecule has 2 aromatic carbocycles. The summed E-state index contributed by atoms with van der Waals surface area (Å²) in [6.45, 7) is 1.83. The van der Waals surface area contributed by atoms with Gasteiger partial charge in [-0.05, 0) is 37.1 Å². The molecule has 1 saturated heterocycles. The lowest BCUT2D eigenvalue weighted by Crippen LogP contribution is -2.41. The van der Waals surface area contributed by atoms with Crippen molar-refractivity contribution in [3.63, 3.8) is 0 Å². The third kappa shape index (κ3) is 5.02.